The Morgan fingerprint density at radius 1 is 0.895 bits per heavy atom. The monoisotopic (exact) mass is 549 g/mol. The zero-order valence-corrected chi connectivity index (χ0v) is 21.8. The van der Waals surface area contributed by atoms with E-state index >= 15 is 0 Å². The number of nitrogens with one attached hydrogen (secondary N) is 1. The molecule has 0 spiro atoms. The Labute approximate surface area is 227 Å². The number of amides is 1. The van der Waals surface area contributed by atoms with Crippen molar-refractivity contribution >= 4 is 46.2 Å². The lowest BCUT2D eigenvalue weighted by Gasteiger charge is -2.23. The van der Waals surface area contributed by atoms with Gasteiger partial charge in [0.05, 0.1) is 22.2 Å². The van der Waals surface area contributed by atoms with E-state index in [4.69, 9.17) is 23.2 Å². The Balaban J connectivity index is 1.65. The highest BCUT2D eigenvalue weighted by molar-refractivity contribution is 6.31. The van der Waals surface area contributed by atoms with Crippen molar-refractivity contribution in [2.45, 2.75) is 19.8 Å². The van der Waals surface area contributed by atoms with Gasteiger partial charge in [-0.15, -0.1) is 0 Å². The first kappa shape index (κ1) is 25.4. The van der Waals surface area contributed by atoms with Gasteiger partial charge in [-0.05, 0) is 67.9 Å². The van der Waals surface area contributed by atoms with Crippen LogP contribution in [-0.4, -0.2) is 26.3 Å². The van der Waals surface area contributed by atoms with Crippen LogP contribution in [0.25, 0.3) is 5.69 Å². The highest BCUT2D eigenvalue weighted by Crippen LogP contribution is 2.39. The molecule has 0 radical (unpaired) electrons. The molecule has 0 saturated carbocycles. The van der Waals surface area contributed by atoms with Gasteiger partial charge in [0.15, 0.2) is 0 Å². The van der Waals surface area contributed by atoms with E-state index in [2.05, 4.69) is 10.2 Å². The van der Waals surface area contributed by atoms with E-state index in [1.54, 1.807) is 74.5 Å². The molecule has 4 aromatic rings. The summed E-state index contributed by atoms with van der Waals surface area (Å²) < 4.78 is 1.39. The minimum absolute atomic E-state index is 0.0946. The number of aromatic nitrogens is 2. The summed E-state index contributed by atoms with van der Waals surface area (Å²) in [5, 5.41) is 21.2. The van der Waals surface area contributed by atoms with Gasteiger partial charge in [-0.1, -0.05) is 35.3 Å². The van der Waals surface area contributed by atoms with Crippen LogP contribution in [0.1, 0.15) is 29.7 Å². The summed E-state index contributed by atoms with van der Waals surface area (Å²) >= 11 is 12.0. The summed E-state index contributed by atoms with van der Waals surface area (Å²) in [6.07, 6.45) is 0. The standard InChI is InChI=1S/C27H21Cl2N5O4/c1-15-23(26(35)32(30-15)20-11-5-18(28)6-12-20)25(17-3-9-22(10-4-17)34(37)38)24-16(2)31-33(27(24)36)21-13-7-19(29)8-14-21/h3-14,23,25,31H,1-2H3. The van der Waals surface area contributed by atoms with Crippen molar-refractivity contribution in [2.75, 3.05) is 5.01 Å². The molecule has 2 unspecified atom stereocenters. The smallest absolute Gasteiger partial charge is 0.275 e. The first-order valence-corrected chi connectivity index (χ1v) is 12.4. The molecule has 0 bridgehead atoms. The van der Waals surface area contributed by atoms with Gasteiger partial charge in [0.1, 0.15) is 0 Å². The van der Waals surface area contributed by atoms with Crippen molar-refractivity contribution in [3.8, 4) is 5.69 Å². The number of rotatable bonds is 6. The van der Waals surface area contributed by atoms with Crippen LogP contribution in [0.3, 0.4) is 0 Å². The van der Waals surface area contributed by atoms with Gasteiger partial charge in [-0.3, -0.25) is 24.8 Å². The van der Waals surface area contributed by atoms with Crippen LogP contribution in [0.4, 0.5) is 11.4 Å². The first-order valence-electron chi connectivity index (χ1n) is 11.6. The number of nitrogens with zero attached hydrogens (tertiary/aromatic N) is 4. The number of nitro groups is 1. The van der Waals surface area contributed by atoms with Crippen molar-refractivity contribution < 1.29 is 9.72 Å². The fourth-order valence-corrected chi connectivity index (χ4v) is 5.01. The second-order valence-corrected chi connectivity index (χ2v) is 9.81. The molecule has 5 rings (SSSR count). The Kier molecular flexibility index (Phi) is 6.64. The fraction of sp³-hybridized carbons (Fsp3) is 0.148. The Hall–Kier alpha value is -4.21. The Bertz CT molecular complexity index is 1620. The average Bonchev–Trinajstić information content (AvgIpc) is 3.36. The summed E-state index contributed by atoms with van der Waals surface area (Å²) in [4.78, 5) is 38.5. The van der Waals surface area contributed by atoms with Gasteiger partial charge >= 0.3 is 0 Å². The molecule has 0 saturated heterocycles. The molecular formula is C27H21Cl2N5O4. The maximum Gasteiger partial charge on any atom is 0.275 e. The number of hydrazone groups is 1. The highest BCUT2D eigenvalue weighted by atomic mass is 35.5. The molecule has 1 N–H and O–H groups in total. The van der Waals surface area contributed by atoms with Crippen LogP contribution in [-0.2, 0) is 4.79 Å². The molecule has 1 aromatic heterocycles. The molecule has 1 aliphatic rings. The van der Waals surface area contributed by atoms with E-state index in [-0.39, 0.29) is 17.2 Å². The van der Waals surface area contributed by atoms with Crippen molar-refractivity contribution in [3.63, 3.8) is 0 Å². The molecule has 11 heteroatoms. The number of H-pyrrole nitrogens is 1. The van der Waals surface area contributed by atoms with E-state index in [1.165, 1.54) is 21.8 Å². The summed E-state index contributed by atoms with van der Waals surface area (Å²) in [5.41, 5.74) is 2.66. The van der Waals surface area contributed by atoms with Crippen molar-refractivity contribution in [1.82, 2.24) is 9.78 Å². The maximum absolute atomic E-state index is 13.8. The van der Waals surface area contributed by atoms with E-state index in [9.17, 15) is 19.7 Å². The Morgan fingerprint density at radius 2 is 1.45 bits per heavy atom. The highest BCUT2D eigenvalue weighted by Gasteiger charge is 2.43. The normalized spacial score (nSPS) is 16.0. The molecule has 0 fully saturated rings. The predicted molar refractivity (Wildman–Crippen MR) is 147 cm³/mol. The quantitative estimate of drug-likeness (QED) is 0.239. The SMILES string of the molecule is CC1=NN(c2ccc(Cl)cc2)C(=O)C1C(c1ccc([N+](=O)[O-])cc1)c1c(C)[nH]n(-c2ccc(Cl)cc2)c1=O. The molecule has 1 amide bonds. The fourth-order valence-electron chi connectivity index (χ4n) is 4.76. The Morgan fingerprint density at radius 3 is 2.00 bits per heavy atom. The third-order valence-corrected chi connectivity index (χ3v) is 7.07. The molecular weight excluding hydrogens is 529 g/mol. The number of carbonyl (C=O) groups is 1. The summed E-state index contributed by atoms with van der Waals surface area (Å²) in [5.74, 6) is -1.92. The van der Waals surface area contributed by atoms with Gasteiger partial charge in [0.25, 0.3) is 17.2 Å². The molecule has 1 aliphatic heterocycles. The summed E-state index contributed by atoms with van der Waals surface area (Å²) in [6.45, 7) is 3.49. The number of halogens is 2. The lowest BCUT2D eigenvalue weighted by atomic mass is 9.78. The number of carbonyl (C=O) groups excluding carboxylic acids is 1. The topological polar surface area (TPSA) is 114 Å². The number of aromatic amines is 1. The summed E-state index contributed by atoms with van der Waals surface area (Å²) in [6, 6.07) is 19.4. The van der Waals surface area contributed by atoms with E-state index in [0.29, 0.717) is 44.0 Å². The molecule has 2 heterocycles. The molecule has 0 aliphatic carbocycles. The number of nitro benzene ring substituents is 1. The van der Waals surface area contributed by atoms with Crippen LogP contribution in [0, 0.1) is 23.0 Å². The second-order valence-electron chi connectivity index (χ2n) is 8.94. The van der Waals surface area contributed by atoms with Crippen LogP contribution in [0.2, 0.25) is 10.0 Å². The van der Waals surface area contributed by atoms with Gasteiger partial charge in [0, 0.05) is 45.1 Å². The average molecular weight is 550 g/mol. The minimum Gasteiger partial charge on any atom is -0.295 e. The predicted octanol–water partition coefficient (Wildman–Crippen LogP) is 5.86. The number of anilines is 1. The molecule has 2 atom stereocenters. The number of benzene rings is 3. The van der Waals surface area contributed by atoms with Crippen LogP contribution in [0.15, 0.2) is 82.7 Å². The number of aryl methyl sites for hydroxylation is 1. The van der Waals surface area contributed by atoms with Crippen LogP contribution >= 0.6 is 23.2 Å². The molecule has 192 valence electrons. The van der Waals surface area contributed by atoms with E-state index < -0.39 is 16.8 Å². The largest absolute Gasteiger partial charge is 0.295 e. The third-order valence-electron chi connectivity index (χ3n) is 6.56. The van der Waals surface area contributed by atoms with Gasteiger partial charge in [-0.2, -0.15) is 5.10 Å². The molecule has 9 nitrogen and oxygen atoms in total. The van der Waals surface area contributed by atoms with Crippen molar-refractivity contribution in [1.29, 1.82) is 0 Å². The molecule has 38 heavy (non-hydrogen) atoms. The second kappa shape index (κ2) is 9.92. The van der Waals surface area contributed by atoms with Gasteiger partial charge in [-0.25, -0.2) is 9.69 Å². The molecule has 3 aromatic carbocycles. The van der Waals surface area contributed by atoms with E-state index in [1.807, 2.05) is 0 Å². The van der Waals surface area contributed by atoms with Gasteiger partial charge in [0.2, 0.25) is 0 Å². The van der Waals surface area contributed by atoms with Crippen molar-refractivity contribution in [2.24, 2.45) is 11.0 Å². The number of non-ortho nitro benzene ring substituents is 1. The minimum atomic E-state index is -0.826. The van der Waals surface area contributed by atoms with Crippen molar-refractivity contribution in [3.05, 3.63) is 120 Å². The van der Waals surface area contributed by atoms with Crippen LogP contribution in [0.5, 0.6) is 0 Å². The zero-order valence-electron chi connectivity index (χ0n) is 20.3. The van der Waals surface area contributed by atoms with Gasteiger partial charge < -0.3 is 0 Å². The first-order chi connectivity index (χ1) is 18.2. The van der Waals surface area contributed by atoms with Crippen LogP contribution < -0.4 is 10.6 Å². The zero-order chi connectivity index (χ0) is 27.1. The lowest BCUT2D eigenvalue weighted by molar-refractivity contribution is -0.384. The third kappa shape index (κ3) is 4.51. The van der Waals surface area contributed by atoms with E-state index in [0.717, 1.165) is 0 Å². The maximum atomic E-state index is 13.8. The summed E-state index contributed by atoms with van der Waals surface area (Å²) in [7, 11) is 0. The lowest BCUT2D eigenvalue weighted by Crippen LogP contribution is -2.34. The number of hydrogen-bond donors (Lipinski definition) is 1. The number of hydrogen-bond acceptors (Lipinski definition) is 5.